The molecule has 2 aromatic carbocycles. The summed E-state index contributed by atoms with van der Waals surface area (Å²) in [4.78, 5) is 12.5. The number of carbonyl (C=O) groups is 1. The van der Waals surface area contributed by atoms with Crippen molar-refractivity contribution < 1.29 is 9.90 Å². The van der Waals surface area contributed by atoms with E-state index in [9.17, 15) is 9.90 Å². The van der Waals surface area contributed by atoms with E-state index in [4.69, 9.17) is 0 Å². The van der Waals surface area contributed by atoms with E-state index in [0.717, 1.165) is 36.9 Å². The van der Waals surface area contributed by atoms with Crippen molar-refractivity contribution in [2.75, 3.05) is 6.54 Å². The Hall–Kier alpha value is -2.13. The summed E-state index contributed by atoms with van der Waals surface area (Å²) in [6, 6.07) is 20.9. The third kappa shape index (κ3) is 3.93. The first-order valence-corrected chi connectivity index (χ1v) is 10.3. The zero-order valence-electron chi connectivity index (χ0n) is 15.8. The highest BCUT2D eigenvalue weighted by Crippen LogP contribution is 2.50. The first-order chi connectivity index (χ1) is 13.2. The van der Waals surface area contributed by atoms with Gasteiger partial charge in [-0.1, -0.05) is 79.9 Å². The van der Waals surface area contributed by atoms with Crippen LogP contribution in [0.4, 0.5) is 0 Å². The molecular weight excluding hydrogens is 334 g/mol. The van der Waals surface area contributed by atoms with Crippen molar-refractivity contribution in [1.29, 1.82) is 0 Å². The number of benzene rings is 2. The molecule has 0 amide bonds. The molecule has 4 rings (SSSR count). The molecule has 0 radical (unpaired) electrons. The monoisotopic (exact) mass is 363 g/mol. The van der Waals surface area contributed by atoms with Crippen molar-refractivity contribution in [2.24, 2.45) is 11.3 Å². The molecule has 1 saturated carbocycles. The fraction of sp³-hybridized carbons (Fsp3) is 0.458. The van der Waals surface area contributed by atoms with Crippen LogP contribution in [0.1, 0.15) is 55.6 Å². The molecular formula is C24H29NO2. The van der Waals surface area contributed by atoms with Crippen LogP contribution in [0.5, 0.6) is 0 Å². The van der Waals surface area contributed by atoms with E-state index in [1.54, 1.807) is 0 Å². The Bertz CT molecular complexity index is 709. The molecule has 1 aliphatic heterocycles. The van der Waals surface area contributed by atoms with Gasteiger partial charge in [0.15, 0.2) is 0 Å². The van der Waals surface area contributed by atoms with Crippen molar-refractivity contribution in [3.05, 3.63) is 71.8 Å². The van der Waals surface area contributed by atoms with Gasteiger partial charge in [-0.3, -0.25) is 4.79 Å². The highest BCUT2D eigenvalue weighted by Gasteiger charge is 2.49. The minimum Gasteiger partial charge on any atom is -0.481 e. The first-order valence-electron chi connectivity index (χ1n) is 10.3. The Balaban J connectivity index is 1.72. The first kappa shape index (κ1) is 18.2. The Morgan fingerprint density at radius 1 is 0.963 bits per heavy atom. The summed E-state index contributed by atoms with van der Waals surface area (Å²) < 4.78 is 0. The largest absolute Gasteiger partial charge is 0.481 e. The number of hydrogen-bond donors (Lipinski definition) is 2. The minimum atomic E-state index is -0.668. The Morgan fingerprint density at radius 2 is 1.48 bits per heavy atom. The van der Waals surface area contributed by atoms with E-state index in [2.05, 4.69) is 29.6 Å². The lowest BCUT2D eigenvalue weighted by atomic mass is 9.63. The summed E-state index contributed by atoms with van der Waals surface area (Å²) in [5, 5.41) is 13.8. The lowest BCUT2D eigenvalue weighted by molar-refractivity contribution is -0.143. The summed E-state index contributed by atoms with van der Waals surface area (Å²) in [7, 11) is 0. The maximum absolute atomic E-state index is 12.5. The fourth-order valence-corrected chi connectivity index (χ4v) is 5.21. The third-order valence-corrected chi connectivity index (χ3v) is 6.66. The van der Waals surface area contributed by atoms with Gasteiger partial charge in [-0.05, 0) is 35.8 Å². The molecule has 1 saturated heterocycles. The summed E-state index contributed by atoms with van der Waals surface area (Å²) in [6.07, 6.45) is 6.81. The van der Waals surface area contributed by atoms with Gasteiger partial charge in [-0.2, -0.15) is 0 Å². The standard InChI is InChI=1S/C24H29NO2/c26-23(27)20(16-24(21-17-25-21)14-8-3-9-15-24)22(18-10-4-1-5-11-18)19-12-6-2-7-13-19/h1-2,4-7,10-13,20-22,25H,3,8-9,14-17H2,(H,26,27)/t20?,21-/m0/s1. The van der Waals surface area contributed by atoms with Crippen LogP contribution in [-0.4, -0.2) is 23.7 Å². The molecule has 1 heterocycles. The molecule has 2 aliphatic rings. The van der Waals surface area contributed by atoms with E-state index in [-0.39, 0.29) is 11.3 Å². The summed E-state index contributed by atoms with van der Waals surface area (Å²) in [6.45, 7) is 1.05. The number of carboxylic acid groups (broad SMARTS) is 1. The fourth-order valence-electron chi connectivity index (χ4n) is 5.21. The minimum absolute atomic E-state index is 0.109. The maximum Gasteiger partial charge on any atom is 0.307 e. The smallest absolute Gasteiger partial charge is 0.307 e. The zero-order chi connectivity index (χ0) is 18.7. The predicted molar refractivity (Wildman–Crippen MR) is 108 cm³/mol. The van der Waals surface area contributed by atoms with Crippen molar-refractivity contribution >= 4 is 5.97 Å². The van der Waals surface area contributed by atoms with Crippen LogP contribution in [0, 0.1) is 11.3 Å². The lowest BCUT2D eigenvalue weighted by Crippen LogP contribution is -2.38. The molecule has 1 aliphatic carbocycles. The van der Waals surface area contributed by atoms with Crippen LogP contribution in [0.15, 0.2) is 60.7 Å². The summed E-state index contributed by atoms with van der Waals surface area (Å²) >= 11 is 0. The number of nitrogens with one attached hydrogen (secondary N) is 1. The third-order valence-electron chi connectivity index (χ3n) is 6.66. The summed E-state index contributed by atoms with van der Waals surface area (Å²) in [5.74, 6) is -1.18. The second-order valence-electron chi connectivity index (χ2n) is 8.33. The Morgan fingerprint density at radius 3 is 1.93 bits per heavy atom. The number of aliphatic carboxylic acids is 1. The average molecular weight is 364 g/mol. The molecule has 2 N–H and O–H groups in total. The number of rotatable bonds is 7. The average Bonchev–Trinajstić information content (AvgIpc) is 3.56. The van der Waals surface area contributed by atoms with Crippen molar-refractivity contribution in [3.8, 4) is 0 Å². The topological polar surface area (TPSA) is 59.2 Å². The van der Waals surface area contributed by atoms with Gasteiger partial charge in [0.05, 0.1) is 5.92 Å². The van der Waals surface area contributed by atoms with Crippen LogP contribution in [0.3, 0.4) is 0 Å². The van der Waals surface area contributed by atoms with E-state index < -0.39 is 11.9 Å². The van der Waals surface area contributed by atoms with Gasteiger partial charge in [-0.25, -0.2) is 0 Å². The SMILES string of the molecule is O=C(O)C(CC1([C@@H]2CN2)CCCCC1)C(c1ccccc1)c1ccccc1. The molecule has 27 heavy (non-hydrogen) atoms. The van der Waals surface area contributed by atoms with E-state index in [1.165, 1.54) is 19.3 Å². The van der Waals surface area contributed by atoms with Gasteiger partial charge >= 0.3 is 5.97 Å². The van der Waals surface area contributed by atoms with Crippen LogP contribution in [0.2, 0.25) is 0 Å². The quantitative estimate of drug-likeness (QED) is 0.693. The molecule has 3 nitrogen and oxygen atoms in total. The van der Waals surface area contributed by atoms with E-state index in [1.807, 2.05) is 36.4 Å². The van der Waals surface area contributed by atoms with Gasteiger partial charge in [0, 0.05) is 18.5 Å². The van der Waals surface area contributed by atoms with Gasteiger partial charge in [-0.15, -0.1) is 0 Å². The van der Waals surface area contributed by atoms with Crippen LogP contribution >= 0.6 is 0 Å². The number of hydrogen-bond acceptors (Lipinski definition) is 2. The Kier molecular flexibility index (Phi) is 5.31. The van der Waals surface area contributed by atoms with Gasteiger partial charge in [0.25, 0.3) is 0 Å². The van der Waals surface area contributed by atoms with Crippen LogP contribution in [0.25, 0.3) is 0 Å². The second kappa shape index (κ2) is 7.85. The molecule has 142 valence electrons. The normalized spacial score (nSPS) is 22.3. The zero-order valence-corrected chi connectivity index (χ0v) is 15.8. The predicted octanol–water partition coefficient (Wildman–Crippen LogP) is 4.83. The molecule has 1 unspecified atom stereocenters. The van der Waals surface area contributed by atoms with Gasteiger partial charge < -0.3 is 10.4 Å². The summed E-state index contributed by atoms with van der Waals surface area (Å²) in [5.41, 5.74) is 2.35. The van der Waals surface area contributed by atoms with E-state index >= 15 is 0 Å². The highest BCUT2D eigenvalue weighted by molar-refractivity contribution is 5.72. The highest BCUT2D eigenvalue weighted by atomic mass is 16.4. The van der Waals surface area contributed by atoms with Crippen molar-refractivity contribution in [2.45, 2.75) is 50.5 Å². The molecule has 0 aromatic heterocycles. The molecule has 2 fully saturated rings. The van der Waals surface area contributed by atoms with E-state index in [0.29, 0.717) is 6.04 Å². The maximum atomic E-state index is 12.5. The number of carboxylic acids is 1. The lowest BCUT2D eigenvalue weighted by Gasteiger charge is -2.40. The second-order valence-corrected chi connectivity index (χ2v) is 8.33. The molecule has 2 atom stereocenters. The molecule has 0 spiro atoms. The molecule has 3 heteroatoms. The van der Waals surface area contributed by atoms with Crippen molar-refractivity contribution in [3.63, 3.8) is 0 Å². The van der Waals surface area contributed by atoms with Crippen molar-refractivity contribution in [1.82, 2.24) is 5.32 Å². The van der Waals surface area contributed by atoms with Crippen LogP contribution < -0.4 is 5.32 Å². The Labute approximate surface area is 161 Å². The molecule has 2 aromatic rings. The van der Waals surface area contributed by atoms with Gasteiger partial charge in [0.1, 0.15) is 0 Å². The molecule has 0 bridgehead atoms. The van der Waals surface area contributed by atoms with Gasteiger partial charge in [0.2, 0.25) is 0 Å². The van der Waals surface area contributed by atoms with Crippen LogP contribution in [-0.2, 0) is 4.79 Å².